The molecule has 0 aliphatic carbocycles. The van der Waals surface area contributed by atoms with Crippen molar-refractivity contribution in [2.75, 3.05) is 19.8 Å². The highest BCUT2D eigenvalue weighted by Crippen LogP contribution is 2.27. The molecule has 3 heterocycles. The van der Waals surface area contributed by atoms with Gasteiger partial charge in [0, 0.05) is 6.61 Å². The van der Waals surface area contributed by atoms with E-state index in [1.54, 1.807) is 36.2 Å². The van der Waals surface area contributed by atoms with Crippen LogP contribution in [0.1, 0.15) is 55.4 Å². The smallest absolute Gasteiger partial charge is 0.339 e. The van der Waals surface area contributed by atoms with Crippen molar-refractivity contribution in [3.63, 3.8) is 0 Å². The highest BCUT2D eigenvalue weighted by molar-refractivity contribution is 6.03. The average molecular weight is 345 g/mol. The van der Waals surface area contributed by atoms with E-state index in [1.165, 1.54) is 0 Å². The number of hydrogen-bond acceptors (Lipinski definition) is 6. The van der Waals surface area contributed by atoms with Crippen LogP contribution in [0.15, 0.2) is 18.5 Å². The van der Waals surface area contributed by atoms with Gasteiger partial charge in [-0.2, -0.15) is 5.10 Å². The number of fused-ring (bicyclic) bond motifs is 1. The minimum absolute atomic E-state index is 0.153. The van der Waals surface area contributed by atoms with Gasteiger partial charge in [0.2, 0.25) is 0 Å². The fourth-order valence-corrected chi connectivity index (χ4v) is 2.84. The van der Waals surface area contributed by atoms with Crippen LogP contribution in [-0.2, 0) is 14.2 Å². The van der Waals surface area contributed by atoms with Crippen LogP contribution in [0.2, 0.25) is 0 Å². The van der Waals surface area contributed by atoms with Crippen LogP contribution >= 0.6 is 0 Å². The second-order valence-electron chi connectivity index (χ2n) is 5.72. The highest BCUT2D eigenvalue weighted by Gasteiger charge is 2.22. The average Bonchev–Trinajstić information content (AvgIpc) is 3.06. The fraction of sp³-hybridized carbons (Fsp3) is 0.500. The lowest BCUT2D eigenvalue weighted by atomic mass is 10.1. The van der Waals surface area contributed by atoms with Crippen molar-refractivity contribution >= 4 is 23.1 Å². The third-order valence-electron chi connectivity index (χ3n) is 4.01. The molecule has 2 aromatic rings. The standard InChI is InChI=1S/C18H23N3O4/c1-3-23-10-8-13-11-14(18(22)24-4-2)15-12-19-21(17(15)20-13)16-7-5-6-9-25-16/h8,10-12,16H,3-7,9H2,1-2H3/b10-8+. The summed E-state index contributed by atoms with van der Waals surface area (Å²) in [5.74, 6) is -0.384. The van der Waals surface area contributed by atoms with E-state index in [-0.39, 0.29) is 12.2 Å². The van der Waals surface area contributed by atoms with Gasteiger partial charge in [-0.15, -0.1) is 0 Å². The predicted molar refractivity (Wildman–Crippen MR) is 93.0 cm³/mol. The normalized spacial score (nSPS) is 17.9. The Balaban J connectivity index is 2.06. The van der Waals surface area contributed by atoms with Crippen LogP contribution in [0.4, 0.5) is 0 Å². The van der Waals surface area contributed by atoms with Crippen LogP contribution in [0.5, 0.6) is 0 Å². The second-order valence-corrected chi connectivity index (χ2v) is 5.72. The molecule has 7 nitrogen and oxygen atoms in total. The first-order valence-corrected chi connectivity index (χ1v) is 8.69. The van der Waals surface area contributed by atoms with E-state index in [1.807, 2.05) is 6.92 Å². The summed E-state index contributed by atoms with van der Waals surface area (Å²) in [4.78, 5) is 17.0. The number of nitrogens with zero attached hydrogens (tertiary/aromatic N) is 3. The van der Waals surface area contributed by atoms with Gasteiger partial charge in [0.1, 0.15) is 0 Å². The zero-order chi connectivity index (χ0) is 17.6. The van der Waals surface area contributed by atoms with Crippen LogP contribution in [0, 0.1) is 0 Å². The van der Waals surface area contributed by atoms with E-state index >= 15 is 0 Å². The number of hydrogen-bond donors (Lipinski definition) is 0. The summed E-state index contributed by atoms with van der Waals surface area (Å²) in [6.07, 6.45) is 7.82. The Hall–Kier alpha value is -2.41. The zero-order valence-corrected chi connectivity index (χ0v) is 14.6. The van der Waals surface area contributed by atoms with Gasteiger partial charge >= 0.3 is 5.97 Å². The third kappa shape index (κ3) is 3.82. The molecule has 1 aliphatic heterocycles. The summed E-state index contributed by atoms with van der Waals surface area (Å²) in [6, 6.07) is 1.70. The summed E-state index contributed by atoms with van der Waals surface area (Å²) in [7, 11) is 0. The first-order chi connectivity index (χ1) is 12.2. The molecule has 25 heavy (non-hydrogen) atoms. The van der Waals surface area contributed by atoms with E-state index in [4.69, 9.17) is 14.2 Å². The zero-order valence-electron chi connectivity index (χ0n) is 14.6. The summed E-state index contributed by atoms with van der Waals surface area (Å²) in [6.45, 7) is 5.27. The quantitative estimate of drug-likeness (QED) is 0.590. The second kappa shape index (κ2) is 8.11. The van der Waals surface area contributed by atoms with Gasteiger partial charge in [0.25, 0.3) is 0 Å². The molecule has 1 fully saturated rings. The van der Waals surface area contributed by atoms with Crippen molar-refractivity contribution in [3.05, 3.63) is 29.8 Å². The number of pyridine rings is 1. The predicted octanol–water partition coefficient (Wildman–Crippen LogP) is 3.31. The molecule has 0 bridgehead atoms. The monoisotopic (exact) mass is 345 g/mol. The van der Waals surface area contributed by atoms with Gasteiger partial charge in [0.05, 0.1) is 42.3 Å². The summed E-state index contributed by atoms with van der Waals surface area (Å²) >= 11 is 0. The largest absolute Gasteiger partial charge is 0.501 e. The summed E-state index contributed by atoms with van der Waals surface area (Å²) in [5.41, 5.74) is 1.68. The highest BCUT2D eigenvalue weighted by atomic mass is 16.5. The Morgan fingerprint density at radius 2 is 2.28 bits per heavy atom. The number of carbonyl (C=O) groups is 1. The van der Waals surface area contributed by atoms with Crippen molar-refractivity contribution < 1.29 is 19.0 Å². The van der Waals surface area contributed by atoms with Crippen LogP contribution < -0.4 is 0 Å². The van der Waals surface area contributed by atoms with E-state index < -0.39 is 0 Å². The Labute approximate surface area is 146 Å². The molecule has 0 aromatic carbocycles. The van der Waals surface area contributed by atoms with Crippen molar-refractivity contribution in [3.8, 4) is 0 Å². The Kier molecular flexibility index (Phi) is 5.65. The molecule has 134 valence electrons. The van der Waals surface area contributed by atoms with Gasteiger partial charge in [-0.3, -0.25) is 0 Å². The van der Waals surface area contributed by atoms with E-state index in [2.05, 4.69) is 10.1 Å². The number of ether oxygens (including phenoxy) is 3. The van der Waals surface area contributed by atoms with Crippen molar-refractivity contribution in [1.82, 2.24) is 14.8 Å². The van der Waals surface area contributed by atoms with Gasteiger partial charge in [-0.25, -0.2) is 14.5 Å². The molecule has 0 spiro atoms. The van der Waals surface area contributed by atoms with Crippen molar-refractivity contribution in [1.29, 1.82) is 0 Å². The Bertz CT molecular complexity index is 763. The molecule has 1 atom stereocenters. The number of carbonyl (C=O) groups excluding carboxylic acids is 1. The minimum Gasteiger partial charge on any atom is -0.501 e. The van der Waals surface area contributed by atoms with Gasteiger partial charge in [-0.1, -0.05) is 0 Å². The maximum atomic E-state index is 12.4. The van der Waals surface area contributed by atoms with Gasteiger partial charge < -0.3 is 14.2 Å². The minimum atomic E-state index is -0.384. The van der Waals surface area contributed by atoms with Crippen molar-refractivity contribution in [2.24, 2.45) is 0 Å². The molecule has 7 heteroatoms. The van der Waals surface area contributed by atoms with E-state index in [9.17, 15) is 4.79 Å². The molecule has 2 aromatic heterocycles. The lowest BCUT2D eigenvalue weighted by Crippen LogP contribution is -2.19. The number of aromatic nitrogens is 3. The van der Waals surface area contributed by atoms with Crippen LogP contribution in [-0.4, -0.2) is 40.6 Å². The Morgan fingerprint density at radius 1 is 1.40 bits per heavy atom. The van der Waals surface area contributed by atoms with Gasteiger partial charge in [-0.05, 0) is 45.3 Å². The maximum absolute atomic E-state index is 12.4. The first kappa shape index (κ1) is 17.4. The summed E-state index contributed by atoms with van der Waals surface area (Å²) < 4.78 is 18.0. The Morgan fingerprint density at radius 3 is 3.00 bits per heavy atom. The molecule has 0 amide bonds. The molecule has 0 saturated carbocycles. The number of rotatable bonds is 6. The molecule has 0 N–H and O–H groups in total. The molecule has 0 radical (unpaired) electrons. The maximum Gasteiger partial charge on any atom is 0.339 e. The van der Waals surface area contributed by atoms with Crippen molar-refractivity contribution in [2.45, 2.75) is 39.3 Å². The van der Waals surface area contributed by atoms with E-state index in [0.717, 1.165) is 19.3 Å². The number of esters is 1. The van der Waals surface area contributed by atoms with E-state index in [0.29, 0.717) is 42.1 Å². The molecule has 1 aliphatic rings. The fourth-order valence-electron chi connectivity index (χ4n) is 2.84. The first-order valence-electron chi connectivity index (χ1n) is 8.69. The third-order valence-corrected chi connectivity index (χ3v) is 4.01. The van der Waals surface area contributed by atoms with Gasteiger partial charge in [0.15, 0.2) is 11.9 Å². The molecule has 3 rings (SSSR count). The molecule has 1 unspecified atom stereocenters. The molecular formula is C18H23N3O4. The SMILES string of the molecule is CCO/C=C/c1cc(C(=O)OCC)c2cnn(C3CCCCO3)c2n1. The lowest BCUT2D eigenvalue weighted by molar-refractivity contribution is -0.0370. The summed E-state index contributed by atoms with van der Waals surface area (Å²) in [5, 5.41) is 5.09. The lowest BCUT2D eigenvalue weighted by Gasteiger charge is -2.23. The van der Waals surface area contributed by atoms with Crippen LogP contribution in [0.3, 0.4) is 0 Å². The molecular weight excluding hydrogens is 322 g/mol. The molecule has 1 saturated heterocycles. The topological polar surface area (TPSA) is 75.5 Å². The van der Waals surface area contributed by atoms with Crippen LogP contribution in [0.25, 0.3) is 17.1 Å².